The summed E-state index contributed by atoms with van der Waals surface area (Å²) >= 11 is 0. The lowest BCUT2D eigenvalue weighted by molar-refractivity contribution is 0.0691. The zero-order valence-electron chi connectivity index (χ0n) is 14.1. The van der Waals surface area contributed by atoms with Gasteiger partial charge in [0.1, 0.15) is 5.82 Å². The Morgan fingerprint density at radius 3 is 2.15 bits per heavy atom. The Hall–Kier alpha value is -2.50. The van der Waals surface area contributed by atoms with Crippen molar-refractivity contribution in [3.63, 3.8) is 0 Å². The van der Waals surface area contributed by atoms with Crippen LogP contribution in [0.15, 0.2) is 52.3 Å². The molecule has 0 bridgehead atoms. The van der Waals surface area contributed by atoms with Crippen molar-refractivity contribution < 1.29 is 31.1 Å². The van der Waals surface area contributed by atoms with E-state index in [4.69, 9.17) is 5.11 Å². The molecule has 0 heterocycles. The summed E-state index contributed by atoms with van der Waals surface area (Å²) in [7, 11) is -7.88. The number of rotatable bonds is 8. The van der Waals surface area contributed by atoms with Crippen molar-refractivity contribution >= 4 is 31.7 Å². The van der Waals surface area contributed by atoms with Gasteiger partial charge < -0.3 is 5.11 Å². The summed E-state index contributed by atoms with van der Waals surface area (Å²) in [4.78, 5) is 10.5. The Labute approximate surface area is 156 Å². The van der Waals surface area contributed by atoms with Gasteiger partial charge >= 0.3 is 5.97 Å². The van der Waals surface area contributed by atoms with E-state index in [0.29, 0.717) is 12.5 Å². The van der Waals surface area contributed by atoms with E-state index in [1.165, 1.54) is 24.3 Å². The van der Waals surface area contributed by atoms with Crippen LogP contribution in [-0.4, -0.2) is 34.5 Å². The molecular formula is C16H17FN2O6S2. The van der Waals surface area contributed by atoms with E-state index in [9.17, 15) is 26.0 Å². The molecule has 0 aliphatic carbocycles. The topological polar surface area (TPSA) is 130 Å². The molecule has 27 heavy (non-hydrogen) atoms. The minimum absolute atomic E-state index is 0.0335. The number of halogens is 1. The van der Waals surface area contributed by atoms with Gasteiger partial charge in [0.15, 0.2) is 0 Å². The highest BCUT2D eigenvalue weighted by Gasteiger charge is 2.20. The Balaban J connectivity index is 2.26. The first-order valence-electron chi connectivity index (χ1n) is 7.72. The van der Waals surface area contributed by atoms with Crippen molar-refractivity contribution in [1.29, 1.82) is 0 Å². The summed E-state index contributed by atoms with van der Waals surface area (Å²) in [5, 5.41) is 8.90. The molecule has 146 valence electrons. The second-order valence-electron chi connectivity index (χ2n) is 5.47. The maximum atomic E-state index is 13.4. The van der Waals surface area contributed by atoms with E-state index in [0.717, 1.165) is 12.1 Å². The molecule has 3 N–H and O–H groups in total. The molecule has 0 radical (unpaired) electrons. The maximum absolute atomic E-state index is 13.4. The lowest BCUT2D eigenvalue weighted by Gasteiger charge is -2.10. The standard InChI is InChI=1S/C16H17FN2O6S2/c1-2-9-18-26(22,23)12-5-3-11(4-6-12)19-27(24,25)13-7-8-15(17)14(10-13)16(20)21/h3-8,10,18-19H,2,9H2,1H3,(H,20,21). The summed E-state index contributed by atoms with van der Waals surface area (Å²) in [6.07, 6.45) is 0.618. The third-order valence-electron chi connectivity index (χ3n) is 3.44. The lowest BCUT2D eigenvalue weighted by Crippen LogP contribution is -2.24. The predicted octanol–water partition coefficient (Wildman–Crippen LogP) is 2.01. The van der Waals surface area contributed by atoms with Crippen LogP contribution >= 0.6 is 0 Å². The Bertz CT molecular complexity index is 1050. The predicted molar refractivity (Wildman–Crippen MR) is 96.1 cm³/mol. The van der Waals surface area contributed by atoms with Crippen LogP contribution in [0.3, 0.4) is 0 Å². The highest BCUT2D eigenvalue weighted by molar-refractivity contribution is 7.92. The first-order valence-corrected chi connectivity index (χ1v) is 10.7. The van der Waals surface area contributed by atoms with Crippen molar-refractivity contribution in [1.82, 2.24) is 4.72 Å². The Kier molecular flexibility index (Phi) is 6.19. The number of nitrogens with one attached hydrogen (secondary N) is 2. The monoisotopic (exact) mass is 416 g/mol. The molecule has 0 atom stereocenters. The summed E-state index contributed by atoms with van der Waals surface area (Å²) in [6.45, 7) is 2.08. The third-order valence-corrected chi connectivity index (χ3v) is 6.29. The number of hydrogen-bond acceptors (Lipinski definition) is 5. The van der Waals surface area contributed by atoms with Crippen LogP contribution in [0.1, 0.15) is 23.7 Å². The first kappa shape index (κ1) is 20.8. The number of aromatic carboxylic acids is 1. The molecule has 0 saturated carbocycles. The zero-order valence-corrected chi connectivity index (χ0v) is 15.8. The van der Waals surface area contributed by atoms with E-state index in [-0.39, 0.29) is 17.1 Å². The van der Waals surface area contributed by atoms with Gasteiger partial charge in [0, 0.05) is 12.2 Å². The van der Waals surface area contributed by atoms with Crippen molar-refractivity contribution in [2.24, 2.45) is 0 Å². The Morgan fingerprint density at radius 2 is 1.59 bits per heavy atom. The van der Waals surface area contributed by atoms with E-state index < -0.39 is 42.3 Å². The van der Waals surface area contributed by atoms with Gasteiger partial charge in [0.05, 0.1) is 15.4 Å². The van der Waals surface area contributed by atoms with Crippen LogP contribution in [0.2, 0.25) is 0 Å². The molecule has 0 spiro atoms. The highest BCUT2D eigenvalue weighted by atomic mass is 32.2. The quantitative estimate of drug-likeness (QED) is 0.604. The molecule has 2 aromatic carbocycles. The summed E-state index contributed by atoms with van der Waals surface area (Å²) < 4.78 is 66.7. The number of hydrogen-bond donors (Lipinski definition) is 3. The van der Waals surface area contributed by atoms with E-state index in [1.54, 1.807) is 0 Å². The summed E-state index contributed by atoms with van der Waals surface area (Å²) in [5.74, 6) is -2.66. The second-order valence-corrected chi connectivity index (χ2v) is 8.92. The molecule has 0 saturated heterocycles. The Morgan fingerprint density at radius 1 is 1.00 bits per heavy atom. The lowest BCUT2D eigenvalue weighted by atomic mass is 10.2. The minimum atomic E-state index is -4.19. The molecule has 2 aromatic rings. The van der Waals surface area contributed by atoms with E-state index in [1.807, 2.05) is 6.92 Å². The van der Waals surface area contributed by atoms with Gasteiger partial charge in [0.2, 0.25) is 10.0 Å². The fourth-order valence-electron chi connectivity index (χ4n) is 2.07. The number of benzene rings is 2. The SMILES string of the molecule is CCCNS(=O)(=O)c1ccc(NS(=O)(=O)c2ccc(F)c(C(=O)O)c2)cc1. The van der Waals surface area contributed by atoms with Crippen LogP contribution in [0.25, 0.3) is 0 Å². The molecular weight excluding hydrogens is 399 g/mol. The number of carboxylic acids is 1. The molecule has 0 unspecified atom stereocenters. The normalized spacial score (nSPS) is 11.9. The number of carbonyl (C=O) groups is 1. The fraction of sp³-hybridized carbons (Fsp3) is 0.188. The molecule has 0 aliphatic heterocycles. The van der Waals surface area contributed by atoms with Crippen LogP contribution in [0.5, 0.6) is 0 Å². The number of carboxylic acid groups (broad SMARTS) is 1. The zero-order chi connectivity index (χ0) is 20.2. The molecule has 2 rings (SSSR count). The second kappa shape index (κ2) is 8.03. The molecule has 11 heteroatoms. The van der Waals surface area contributed by atoms with Gasteiger partial charge in [-0.05, 0) is 48.9 Å². The highest BCUT2D eigenvalue weighted by Crippen LogP contribution is 2.20. The van der Waals surface area contributed by atoms with Gasteiger partial charge in [0.25, 0.3) is 10.0 Å². The largest absolute Gasteiger partial charge is 0.478 e. The van der Waals surface area contributed by atoms with Gasteiger partial charge in [-0.2, -0.15) is 0 Å². The van der Waals surface area contributed by atoms with Crippen molar-refractivity contribution in [3.05, 3.63) is 53.8 Å². The van der Waals surface area contributed by atoms with Crippen molar-refractivity contribution in [3.8, 4) is 0 Å². The van der Waals surface area contributed by atoms with Gasteiger partial charge in [-0.3, -0.25) is 4.72 Å². The number of sulfonamides is 2. The molecule has 0 aromatic heterocycles. The smallest absolute Gasteiger partial charge is 0.338 e. The van der Waals surface area contributed by atoms with Crippen LogP contribution < -0.4 is 9.44 Å². The van der Waals surface area contributed by atoms with Crippen LogP contribution in [0.4, 0.5) is 10.1 Å². The van der Waals surface area contributed by atoms with Gasteiger partial charge in [-0.15, -0.1) is 0 Å². The maximum Gasteiger partial charge on any atom is 0.338 e. The first-order chi connectivity index (χ1) is 12.6. The summed E-state index contributed by atoms with van der Waals surface area (Å²) in [5.41, 5.74) is -0.716. The molecule has 0 amide bonds. The third kappa shape index (κ3) is 5.02. The average molecular weight is 416 g/mol. The molecule has 0 aliphatic rings. The van der Waals surface area contributed by atoms with Gasteiger partial charge in [-0.1, -0.05) is 6.92 Å². The fourth-order valence-corrected chi connectivity index (χ4v) is 4.29. The summed E-state index contributed by atoms with van der Waals surface area (Å²) in [6, 6.07) is 7.32. The van der Waals surface area contributed by atoms with Crippen molar-refractivity contribution in [2.75, 3.05) is 11.3 Å². The van der Waals surface area contributed by atoms with Crippen molar-refractivity contribution in [2.45, 2.75) is 23.1 Å². The average Bonchev–Trinajstić information content (AvgIpc) is 2.60. The van der Waals surface area contributed by atoms with Gasteiger partial charge in [-0.25, -0.2) is 30.7 Å². The minimum Gasteiger partial charge on any atom is -0.478 e. The van der Waals surface area contributed by atoms with Crippen LogP contribution in [-0.2, 0) is 20.0 Å². The molecule has 8 nitrogen and oxygen atoms in total. The van der Waals surface area contributed by atoms with E-state index in [2.05, 4.69) is 9.44 Å². The number of anilines is 1. The van der Waals surface area contributed by atoms with E-state index >= 15 is 0 Å². The van der Waals surface area contributed by atoms with Crippen LogP contribution in [0, 0.1) is 5.82 Å². The molecule has 0 fully saturated rings.